The second kappa shape index (κ2) is 6.68. The number of hydrogen-bond donors (Lipinski definition) is 1. The molecule has 1 saturated heterocycles. The number of phenolic OH excluding ortho intramolecular Hbond substituents is 1. The van der Waals surface area contributed by atoms with Crippen LogP contribution in [0.1, 0.15) is 18.5 Å². The Morgan fingerprint density at radius 3 is 2.64 bits per heavy atom. The quantitative estimate of drug-likeness (QED) is 0.678. The number of aryl methyl sites for hydroxylation is 1. The molecule has 8 nitrogen and oxygen atoms in total. The molecule has 2 bridgehead atoms. The van der Waals surface area contributed by atoms with Crippen molar-refractivity contribution >= 4 is 11.3 Å². The van der Waals surface area contributed by atoms with Gasteiger partial charge in [-0.05, 0) is 26.1 Å². The zero-order chi connectivity index (χ0) is 19.3. The van der Waals surface area contributed by atoms with Crippen molar-refractivity contribution in [1.29, 1.82) is 0 Å². The van der Waals surface area contributed by atoms with Crippen LogP contribution in [0.4, 0.5) is 0 Å². The minimum absolute atomic E-state index is 0.108. The Kier molecular flexibility index (Phi) is 4.13. The van der Waals surface area contributed by atoms with E-state index < -0.39 is 0 Å². The number of aromatic hydroxyl groups is 1. The second-order valence-corrected chi connectivity index (χ2v) is 8.19. The largest absolute Gasteiger partial charge is 0.507 e. The van der Waals surface area contributed by atoms with Crippen molar-refractivity contribution in [2.75, 3.05) is 7.05 Å². The summed E-state index contributed by atoms with van der Waals surface area (Å²) in [6, 6.07) is 6.14. The summed E-state index contributed by atoms with van der Waals surface area (Å²) >= 11 is 1.35. The molecule has 1 N–H and O–H groups in total. The lowest BCUT2D eigenvalue weighted by molar-refractivity contribution is 0.0744. The maximum Gasteiger partial charge on any atom is 0.294 e. The fraction of sp³-hybridized carbons (Fsp3) is 0.368. The third kappa shape index (κ3) is 3.06. The number of rotatable bonds is 4. The van der Waals surface area contributed by atoms with Crippen LogP contribution >= 0.6 is 11.3 Å². The minimum atomic E-state index is 0.108. The first-order valence-corrected chi connectivity index (χ1v) is 10.0. The number of hydrogen-bond acceptors (Lipinski definition) is 8. The number of likely N-dealkylation sites (N-methyl/N-ethyl adjacent to an activating group) is 1. The van der Waals surface area contributed by atoms with E-state index in [0.29, 0.717) is 33.5 Å². The molecule has 3 aromatic rings. The highest BCUT2D eigenvalue weighted by Crippen LogP contribution is 2.37. The molecule has 4 heterocycles. The first-order valence-electron chi connectivity index (χ1n) is 9.20. The first kappa shape index (κ1) is 17.3. The Bertz CT molecular complexity index is 1030. The van der Waals surface area contributed by atoms with E-state index in [-0.39, 0.29) is 11.9 Å². The van der Waals surface area contributed by atoms with Crippen molar-refractivity contribution in [3.05, 3.63) is 42.2 Å². The number of aromatic nitrogens is 5. The van der Waals surface area contributed by atoms with Crippen molar-refractivity contribution in [2.24, 2.45) is 0 Å². The monoisotopic (exact) mass is 396 g/mol. The molecule has 1 fully saturated rings. The molecule has 1 aromatic carbocycles. The van der Waals surface area contributed by atoms with E-state index in [1.54, 1.807) is 18.3 Å². The number of ether oxygens (including phenoxy) is 1. The Morgan fingerprint density at radius 1 is 1.18 bits per heavy atom. The van der Waals surface area contributed by atoms with Crippen LogP contribution in [0.25, 0.3) is 16.3 Å². The molecule has 0 radical (unpaired) electrons. The van der Waals surface area contributed by atoms with Gasteiger partial charge < -0.3 is 9.84 Å². The van der Waals surface area contributed by atoms with Crippen LogP contribution in [0.3, 0.4) is 0 Å². The van der Waals surface area contributed by atoms with Crippen molar-refractivity contribution in [3.8, 4) is 27.2 Å². The lowest BCUT2D eigenvalue weighted by Gasteiger charge is -2.35. The van der Waals surface area contributed by atoms with Gasteiger partial charge in [0.15, 0.2) is 5.01 Å². The standard InChI is InChI=1S/C19H20N6O2S/c1-11-10-20-25(23-11)14-5-6-16(17(26)9-14)18-21-22-19(28-18)27-15-7-12-3-4-13(8-15)24(12)2/h3-6,9-10,12-13,15,26H,7-8H2,1-2H3/t12-,13+,15?. The summed E-state index contributed by atoms with van der Waals surface area (Å²) in [4.78, 5) is 3.86. The van der Waals surface area contributed by atoms with E-state index in [1.807, 2.05) is 13.0 Å². The fourth-order valence-electron chi connectivity index (χ4n) is 3.79. The molecule has 1 unspecified atom stereocenters. The summed E-state index contributed by atoms with van der Waals surface area (Å²) in [5, 5.41) is 28.4. The minimum Gasteiger partial charge on any atom is -0.507 e. The predicted molar refractivity (Wildman–Crippen MR) is 105 cm³/mol. The normalized spacial score (nSPS) is 24.0. The number of nitrogens with zero attached hydrogens (tertiary/aromatic N) is 6. The van der Waals surface area contributed by atoms with E-state index in [0.717, 1.165) is 18.5 Å². The molecule has 2 aromatic heterocycles. The first-order chi connectivity index (χ1) is 13.6. The summed E-state index contributed by atoms with van der Waals surface area (Å²) < 4.78 is 6.09. The van der Waals surface area contributed by atoms with Gasteiger partial charge in [-0.15, -0.1) is 5.10 Å². The fourth-order valence-corrected chi connectivity index (χ4v) is 4.59. The van der Waals surface area contributed by atoms with E-state index in [9.17, 15) is 5.11 Å². The molecular formula is C19H20N6O2S. The smallest absolute Gasteiger partial charge is 0.294 e. The molecule has 5 rings (SSSR count). The molecule has 0 saturated carbocycles. The van der Waals surface area contributed by atoms with Gasteiger partial charge >= 0.3 is 0 Å². The van der Waals surface area contributed by atoms with Crippen molar-refractivity contribution < 1.29 is 9.84 Å². The number of fused-ring (bicyclic) bond motifs is 2. The summed E-state index contributed by atoms with van der Waals surface area (Å²) in [6.45, 7) is 1.87. The maximum atomic E-state index is 10.5. The molecule has 2 aliphatic rings. The second-order valence-electron chi connectivity index (χ2n) is 7.25. The lowest BCUT2D eigenvalue weighted by Crippen LogP contribution is -2.44. The Labute approximate surface area is 166 Å². The van der Waals surface area contributed by atoms with Gasteiger partial charge in [-0.25, -0.2) is 0 Å². The van der Waals surface area contributed by atoms with Crippen LogP contribution in [-0.2, 0) is 0 Å². The predicted octanol–water partition coefficient (Wildman–Crippen LogP) is 2.58. The van der Waals surface area contributed by atoms with Crippen LogP contribution < -0.4 is 4.74 Å². The Hall–Kier alpha value is -2.78. The number of benzene rings is 1. The van der Waals surface area contributed by atoms with Crippen molar-refractivity contribution in [3.63, 3.8) is 0 Å². The molecule has 0 spiro atoms. The summed E-state index contributed by atoms with van der Waals surface area (Å²) in [7, 11) is 2.15. The van der Waals surface area contributed by atoms with Gasteiger partial charge in [0, 0.05) is 31.0 Å². The zero-order valence-electron chi connectivity index (χ0n) is 15.6. The Balaban J connectivity index is 1.32. The van der Waals surface area contributed by atoms with Gasteiger partial charge in [0.2, 0.25) is 0 Å². The molecular weight excluding hydrogens is 376 g/mol. The highest BCUT2D eigenvalue weighted by molar-refractivity contribution is 7.16. The average molecular weight is 396 g/mol. The maximum absolute atomic E-state index is 10.5. The van der Waals surface area contributed by atoms with Crippen LogP contribution in [0.15, 0.2) is 36.5 Å². The van der Waals surface area contributed by atoms with E-state index in [2.05, 4.69) is 44.5 Å². The van der Waals surface area contributed by atoms with E-state index in [1.165, 1.54) is 16.1 Å². The summed E-state index contributed by atoms with van der Waals surface area (Å²) in [5.41, 5.74) is 2.11. The molecule has 0 amide bonds. The van der Waals surface area contributed by atoms with Gasteiger partial charge in [-0.3, -0.25) is 4.90 Å². The number of phenols is 1. The molecule has 28 heavy (non-hydrogen) atoms. The zero-order valence-corrected chi connectivity index (χ0v) is 16.4. The summed E-state index contributed by atoms with van der Waals surface area (Å²) in [6.07, 6.45) is 8.23. The molecule has 9 heteroatoms. The van der Waals surface area contributed by atoms with Crippen molar-refractivity contribution in [2.45, 2.75) is 38.0 Å². The van der Waals surface area contributed by atoms with Gasteiger partial charge in [-0.1, -0.05) is 28.6 Å². The van der Waals surface area contributed by atoms with E-state index >= 15 is 0 Å². The van der Waals surface area contributed by atoms with Crippen LogP contribution in [-0.4, -0.2) is 60.4 Å². The molecule has 3 atom stereocenters. The van der Waals surface area contributed by atoms with Gasteiger partial charge in [-0.2, -0.15) is 15.0 Å². The van der Waals surface area contributed by atoms with E-state index in [4.69, 9.17) is 4.74 Å². The molecule has 2 aliphatic heterocycles. The van der Waals surface area contributed by atoms with Crippen LogP contribution in [0.2, 0.25) is 0 Å². The Morgan fingerprint density at radius 2 is 1.96 bits per heavy atom. The number of piperidine rings is 1. The van der Waals surface area contributed by atoms with Gasteiger partial charge in [0.05, 0.1) is 23.1 Å². The topological polar surface area (TPSA) is 89.2 Å². The SMILES string of the molecule is Cc1cnn(-c2ccc(-c3nnc(OC4C[C@H]5C=C[C@@H](C4)N5C)s3)c(O)c2)n1. The summed E-state index contributed by atoms with van der Waals surface area (Å²) in [5.74, 6) is 0.108. The third-order valence-electron chi connectivity index (χ3n) is 5.33. The average Bonchev–Trinajstić information content (AvgIpc) is 3.35. The van der Waals surface area contributed by atoms with Gasteiger partial charge in [0.1, 0.15) is 11.9 Å². The third-order valence-corrected chi connectivity index (χ3v) is 6.18. The molecule has 0 aliphatic carbocycles. The van der Waals surface area contributed by atoms with Crippen LogP contribution in [0, 0.1) is 6.92 Å². The highest BCUT2D eigenvalue weighted by Gasteiger charge is 2.36. The highest BCUT2D eigenvalue weighted by atomic mass is 32.1. The van der Waals surface area contributed by atoms with Crippen LogP contribution in [0.5, 0.6) is 10.9 Å². The molecule has 144 valence electrons. The lowest BCUT2D eigenvalue weighted by atomic mass is 10.00. The van der Waals surface area contributed by atoms with Crippen molar-refractivity contribution in [1.82, 2.24) is 30.1 Å². The van der Waals surface area contributed by atoms with Gasteiger partial charge in [0.25, 0.3) is 5.19 Å².